The van der Waals surface area contributed by atoms with Crippen LogP contribution in [0.25, 0.3) is 5.52 Å². The molecule has 3 nitrogen and oxygen atoms in total. The molecule has 0 radical (unpaired) electrons. The van der Waals surface area contributed by atoms with Crippen LogP contribution in [0.4, 0.5) is 0 Å². The maximum absolute atomic E-state index is 6.16. The lowest BCUT2D eigenvalue weighted by Gasteiger charge is -2.07. The molecule has 2 aromatic rings. The molecule has 15 heavy (non-hydrogen) atoms. The summed E-state index contributed by atoms with van der Waals surface area (Å²) in [5.74, 6) is 1.40. The van der Waals surface area contributed by atoms with Crippen LogP contribution in [0.15, 0.2) is 24.4 Å². The average molecular weight is 223 g/mol. The number of fused-ring (bicyclic) bond motifs is 1. The zero-order valence-electron chi connectivity index (χ0n) is 8.19. The van der Waals surface area contributed by atoms with Crippen molar-refractivity contribution in [3.63, 3.8) is 0 Å². The molecule has 1 atom stereocenters. The van der Waals surface area contributed by atoms with E-state index in [1.165, 1.54) is 0 Å². The topological polar surface area (TPSA) is 26.5 Å². The largest absolute Gasteiger partial charge is 0.381 e. The molecular formula is C11H11ClN2O. The predicted molar refractivity (Wildman–Crippen MR) is 58.4 cm³/mol. The molecular weight excluding hydrogens is 212 g/mol. The number of hydrogen-bond donors (Lipinski definition) is 0. The Labute approximate surface area is 92.6 Å². The van der Waals surface area contributed by atoms with Gasteiger partial charge in [-0.15, -0.1) is 0 Å². The molecule has 1 saturated heterocycles. The average Bonchev–Trinajstić information content (AvgIpc) is 2.85. The highest BCUT2D eigenvalue weighted by atomic mass is 35.5. The highest BCUT2D eigenvalue weighted by molar-refractivity contribution is 6.29. The first-order valence-corrected chi connectivity index (χ1v) is 5.43. The SMILES string of the molecule is Clc1cccc2cnc(C3CCOC3)n12. The number of halogens is 1. The van der Waals surface area contributed by atoms with E-state index in [0.29, 0.717) is 11.1 Å². The fraction of sp³-hybridized carbons (Fsp3) is 0.364. The first-order chi connectivity index (χ1) is 7.36. The van der Waals surface area contributed by atoms with Gasteiger partial charge in [0.25, 0.3) is 0 Å². The van der Waals surface area contributed by atoms with E-state index < -0.39 is 0 Å². The van der Waals surface area contributed by atoms with Gasteiger partial charge in [0.1, 0.15) is 11.0 Å². The molecule has 0 aliphatic carbocycles. The summed E-state index contributed by atoms with van der Waals surface area (Å²) in [6.07, 6.45) is 2.89. The van der Waals surface area contributed by atoms with Crippen LogP contribution in [0.3, 0.4) is 0 Å². The Morgan fingerprint density at radius 3 is 3.20 bits per heavy atom. The first-order valence-electron chi connectivity index (χ1n) is 5.06. The third-order valence-corrected chi connectivity index (χ3v) is 3.12. The number of nitrogens with zero attached hydrogens (tertiary/aromatic N) is 2. The second-order valence-corrected chi connectivity index (χ2v) is 4.17. The summed E-state index contributed by atoms with van der Waals surface area (Å²) in [5.41, 5.74) is 1.05. The Balaban J connectivity index is 2.18. The minimum atomic E-state index is 0.382. The zero-order valence-corrected chi connectivity index (χ0v) is 8.94. The Morgan fingerprint density at radius 1 is 1.47 bits per heavy atom. The molecule has 3 rings (SSSR count). The van der Waals surface area contributed by atoms with E-state index in [1.807, 2.05) is 28.8 Å². The number of pyridine rings is 1. The predicted octanol–water partition coefficient (Wildman–Crippen LogP) is 2.49. The molecule has 0 aromatic carbocycles. The van der Waals surface area contributed by atoms with Crippen LogP contribution in [0.2, 0.25) is 5.15 Å². The Hall–Kier alpha value is -1.06. The lowest BCUT2D eigenvalue weighted by Crippen LogP contribution is -2.04. The summed E-state index contributed by atoms with van der Waals surface area (Å²) in [7, 11) is 0. The Kier molecular flexibility index (Phi) is 2.15. The number of ether oxygens (including phenoxy) is 1. The van der Waals surface area contributed by atoms with Crippen LogP contribution in [0.5, 0.6) is 0 Å². The molecule has 78 valence electrons. The summed E-state index contributed by atoms with van der Waals surface area (Å²) in [6, 6.07) is 5.84. The van der Waals surface area contributed by atoms with E-state index in [2.05, 4.69) is 4.98 Å². The van der Waals surface area contributed by atoms with Crippen molar-refractivity contribution in [3.05, 3.63) is 35.4 Å². The van der Waals surface area contributed by atoms with E-state index in [9.17, 15) is 0 Å². The number of hydrogen-bond acceptors (Lipinski definition) is 2. The van der Waals surface area contributed by atoms with Crippen molar-refractivity contribution in [2.75, 3.05) is 13.2 Å². The van der Waals surface area contributed by atoms with Crippen LogP contribution in [-0.4, -0.2) is 22.6 Å². The monoisotopic (exact) mass is 222 g/mol. The molecule has 1 aliphatic rings. The van der Waals surface area contributed by atoms with E-state index in [-0.39, 0.29) is 0 Å². The molecule has 0 N–H and O–H groups in total. The van der Waals surface area contributed by atoms with Gasteiger partial charge < -0.3 is 4.74 Å². The smallest absolute Gasteiger partial charge is 0.119 e. The molecule has 1 fully saturated rings. The summed E-state index contributed by atoms with van der Waals surface area (Å²) in [6.45, 7) is 1.58. The molecule has 0 amide bonds. The molecule has 1 unspecified atom stereocenters. The molecule has 0 bridgehead atoms. The maximum atomic E-state index is 6.16. The second kappa shape index (κ2) is 3.51. The summed E-state index contributed by atoms with van der Waals surface area (Å²) in [4.78, 5) is 4.44. The van der Waals surface area contributed by atoms with E-state index in [0.717, 1.165) is 31.0 Å². The maximum Gasteiger partial charge on any atom is 0.119 e. The van der Waals surface area contributed by atoms with Crippen molar-refractivity contribution in [2.45, 2.75) is 12.3 Å². The van der Waals surface area contributed by atoms with E-state index >= 15 is 0 Å². The Bertz CT molecular complexity index is 488. The molecule has 4 heteroatoms. The van der Waals surface area contributed by atoms with Gasteiger partial charge in [-0.2, -0.15) is 0 Å². The molecule has 0 saturated carbocycles. The summed E-state index contributed by atoms with van der Waals surface area (Å²) in [5, 5.41) is 0.715. The van der Waals surface area contributed by atoms with Crippen molar-refractivity contribution < 1.29 is 4.74 Å². The van der Waals surface area contributed by atoms with Crippen molar-refractivity contribution in [1.29, 1.82) is 0 Å². The fourth-order valence-corrected chi connectivity index (χ4v) is 2.31. The van der Waals surface area contributed by atoms with Crippen LogP contribution in [0.1, 0.15) is 18.2 Å². The standard InChI is InChI=1S/C11H11ClN2O/c12-10-3-1-2-9-6-13-11(14(9)10)8-4-5-15-7-8/h1-3,6,8H,4-5,7H2. The second-order valence-electron chi connectivity index (χ2n) is 3.79. The van der Waals surface area contributed by atoms with Gasteiger partial charge in [0.15, 0.2) is 0 Å². The quantitative estimate of drug-likeness (QED) is 0.693. The minimum Gasteiger partial charge on any atom is -0.381 e. The normalized spacial score (nSPS) is 21.3. The van der Waals surface area contributed by atoms with Gasteiger partial charge in [-0.1, -0.05) is 17.7 Å². The van der Waals surface area contributed by atoms with Crippen molar-refractivity contribution in [3.8, 4) is 0 Å². The first kappa shape index (κ1) is 9.19. The summed E-state index contributed by atoms with van der Waals surface area (Å²) >= 11 is 6.16. The van der Waals surface area contributed by atoms with E-state index in [1.54, 1.807) is 0 Å². The van der Waals surface area contributed by atoms with E-state index in [4.69, 9.17) is 16.3 Å². The van der Waals surface area contributed by atoms with Crippen LogP contribution in [0, 0.1) is 0 Å². The van der Waals surface area contributed by atoms with Gasteiger partial charge in [0.05, 0.1) is 18.3 Å². The van der Waals surface area contributed by atoms with Crippen LogP contribution in [-0.2, 0) is 4.74 Å². The van der Waals surface area contributed by atoms with Gasteiger partial charge in [-0.25, -0.2) is 4.98 Å². The third kappa shape index (κ3) is 1.43. The van der Waals surface area contributed by atoms with Gasteiger partial charge in [0.2, 0.25) is 0 Å². The van der Waals surface area contributed by atoms with Crippen molar-refractivity contribution in [2.24, 2.45) is 0 Å². The van der Waals surface area contributed by atoms with Crippen molar-refractivity contribution >= 4 is 17.1 Å². The lowest BCUT2D eigenvalue weighted by atomic mass is 10.1. The number of aromatic nitrogens is 2. The van der Waals surface area contributed by atoms with Gasteiger partial charge in [-0.3, -0.25) is 4.40 Å². The van der Waals surface area contributed by atoms with Gasteiger partial charge in [0, 0.05) is 12.5 Å². The van der Waals surface area contributed by atoms with Crippen LogP contribution < -0.4 is 0 Å². The molecule has 0 spiro atoms. The Morgan fingerprint density at radius 2 is 2.40 bits per heavy atom. The fourth-order valence-electron chi connectivity index (χ4n) is 2.06. The highest BCUT2D eigenvalue weighted by Gasteiger charge is 2.22. The lowest BCUT2D eigenvalue weighted by molar-refractivity contribution is 0.193. The van der Waals surface area contributed by atoms with Gasteiger partial charge >= 0.3 is 0 Å². The molecule has 2 aromatic heterocycles. The third-order valence-electron chi connectivity index (χ3n) is 2.83. The zero-order chi connectivity index (χ0) is 10.3. The van der Waals surface area contributed by atoms with Crippen molar-refractivity contribution in [1.82, 2.24) is 9.38 Å². The minimum absolute atomic E-state index is 0.382. The highest BCUT2D eigenvalue weighted by Crippen LogP contribution is 2.27. The molecule has 3 heterocycles. The number of imidazole rings is 1. The molecule has 1 aliphatic heterocycles. The van der Waals surface area contributed by atoms with Crippen LogP contribution >= 0.6 is 11.6 Å². The van der Waals surface area contributed by atoms with Gasteiger partial charge in [-0.05, 0) is 18.6 Å². The summed E-state index contributed by atoms with van der Waals surface area (Å²) < 4.78 is 7.37. The number of rotatable bonds is 1.